The highest BCUT2D eigenvalue weighted by Gasteiger charge is 2.04. The van der Waals surface area contributed by atoms with Crippen LogP contribution in [-0.4, -0.2) is 9.78 Å². The molecule has 1 aromatic carbocycles. The van der Waals surface area contributed by atoms with Crippen molar-refractivity contribution in [3.05, 3.63) is 42.2 Å². The predicted octanol–water partition coefficient (Wildman–Crippen LogP) is 1.96. The Labute approximate surface area is 82.2 Å². The lowest BCUT2D eigenvalue weighted by Gasteiger charge is -1.98. The lowest BCUT2D eigenvalue weighted by molar-refractivity contribution is 0.768. The van der Waals surface area contributed by atoms with E-state index in [0.29, 0.717) is 5.56 Å². The van der Waals surface area contributed by atoms with Gasteiger partial charge in [-0.3, -0.25) is 4.68 Å². The van der Waals surface area contributed by atoms with E-state index in [-0.39, 0.29) is 0 Å². The zero-order valence-electron chi connectivity index (χ0n) is 7.81. The van der Waals surface area contributed by atoms with Gasteiger partial charge in [0, 0.05) is 24.4 Å². The van der Waals surface area contributed by atoms with E-state index in [9.17, 15) is 0 Å². The summed E-state index contributed by atoms with van der Waals surface area (Å²) in [4.78, 5) is 0. The van der Waals surface area contributed by atoms with E-state index in [4.69, 9.17) is 5.26 Å². The SMILES string of the molecule is Cn1cc(-c2ccccc2C#N)cn1. The van der Waals surface area contributed by atoms with Crippen LogP contribution in [0.25, 0.3) is 11.1 Å². The number of aryl methyl sites for hydroxylation is 1. The first-order valence-corrected chi connectivity index (χ1v) is 4.29. The second-order valence-corrected chi connectivity index (χ2v) is 3.06. The van der Waals surface area contributed by atoms with Crippen LogP contribution in [0.4, 0.5) is 0 Å². The molecule has 14 heavy (non-hydrogen) atoms. The van der Waals surface area contributed by atoms with Crippen LogP contribution in [0.5, 0.6) is 0 Å². The Balaban J connectivity index is 2.57. The van der Waals surface area contributed by atoms with Crippen molar-refractivity contribution in [1.29, 1.82) is 5.26 Å². The van der Waals surface area contributed by atoms with Gasteiger partial charge in [-0.25, -0.2) is 0 Å². The first-order chi connectivity index (χ1) is 6.81. The fraction of sp³-hybridized carbons (Fsp3) is 0.0909. The Morgan fingerprint density at radius 3 is 2.79 bits per heavy atom. The fourth-order valence-electron chi connectivity index (χ4n) is 1.39. The molecule has 0 aliphatic heterocycles. The monoisotopic (exact) mass is 183 g/mol. The predicted molar refractivity (Wildman–Crippen MR) is 53.4 cm³/mol. The second-order valence-electron chi connectivity index (χ2n) is 3.06. The summed E-state index contributed by atoms with van der Waals surface area (Å²) in [6, 6.07) is 9.68. The zero-order chi connectivity index (χ0) is 9.97. The van der Waals surface area contributed by atoms with Gasteiger partial charge in [0.05, 0.1) is 17.8 Å². The third-order valence-electron chi connectivity index (χ3n) is 2.06. The average Bonchev–Trinajstić information content (AvgIpc) is 2.65. The Morgan fingerprint density at radius 1 is 1.36 bits per heavy atom. The van der Waals surface area contributed by atoms with Gasteiger partial charge in [0.25, 0.3) is 0 Å². The molecule has 2 rings (SSSR count). The van der Waals surface area contributed by atoms with E-state index in [2.05, 4.69) is 11.2 Å². The van der Waals surface area contributed by atoms with Crippen LogP contribution in [-0.2, 0) is 7.05 Å². The number of nitrogens with zero attached hydrogens (tertiary/aromatic N) is 3. The van der Waals surface area contributed by atoms with Crippen molar-refractivity contribution < 1.29 is 0 Å². The van der Waals surface area contributed by atoms with E-state index in [0.717, 1.165) is 11.1 Å². The van der Waals surface area contributed by atoms with Gasteiger partial charge < -0.3 is 0 Å². The van der Waals surface area contributed by atoms with Crippen LogP contribution < -0.4 is 0 Å². The van der Waals surface area contributed by atoms with Gasteiger partial charge in [0.15, 0.2) is 0 Å². The van der Waals surface area contributed by atoms with Crippen LogP contribution in [0.1, 0.15) is 5.56 Å². The minimum atomic E-state index is 0.681. The Bertz CT molecular complexity index is 491. The molecule has 0 radical (unpaired) electrons. The number of hydrogen-bond donors (Lipinski definition) is 0. The lowest BCUT2D eigenvalue weighted by Crippen LogP contribution is -1.84. The highest BCUT2D eigenvalue weighted by molar-refractivity contribution is 5.69. The maximum absolute atomic E-state index is 8.91. The smallest absolute Gasteiger partial charge is 0.0998 e. The number of hydrogen-bond acceptors (Lipinski definition) is 2. The van der Waals surface area contributed by atoms with Gasteiger partial charge in [-0.1, -0.05) is 18.2 Å². The van der Waals surface area contributed by atoms with Crippen LogP contribution in [0.15, 0.2) is 36.7 Å². The highest BCUT2D eigenvalue weighted by Crippen LogP contribution is 2.21. The molecule has 0 saturated carbocycles. The number of rotatable bonds is 1. The van der Waals surface area contributed by atoms with Crippen molar-refractivity contribution in [2.75, 3.05) is 0 Å². The van der Waals surface area contributed by atoms with Crippen molar-refractivity contribution in [1.82, 2.24) is 9.78 Å². The largest absolute Gasteiger partial charge is 0.275 e. The van der Waals surface area contributed by atoms with Crippen molar-refractivity contribution in [3.8, 4) is 17.2 Å². The molecule has 0 unspecified atom stereocenters. The first kappa shape index (κ1) is 8.52. The molecule has 3 heteroatoms. The van der Waals surface area contributed by atoms with E-state index in [1.165, 1.54) is 0 Å². The third kappa shape index (κ3) is 1.38. The fourth-order valence-corrected chi connectivity index (χ4v) is 1.39. The summed E-state index contributed by atoms with van der Waals surface area (Å²) in [7, 11) is 1.86. The van der Waals surface area contributed by atoms with Gasteiger partial charge in [-0.15, -0.1) is 0 Å². The van der Waals surface area contributed by atoms with Gasteiger partial charge in [0.1, 0.15) is 0 Å². The molecule has 0 spiro atoms. The molecular formula is C11H9N3. The maximum atomic E-state index is 8.91. The van der Waals surface area contributed by atoms with Gasteiger partial charge >= 0.3 is 0 Å². The van der Waals surface area contributed by atoms with Gasteiger partial charge in [-0.2, -0.15) is 10.4 Å². The molecule has 0 fully saturated rings. The lowest BCUT2D eigenvalue weighted by atomic mass is 10.0. The van der Waals surface area contributed by atoms with Crippen molar-refractivity contribution in [3.63, 3.8) is 0 Å². The number of aromatic nitrogens is 2. The summed E-state index contributed by atoms with van der Waals surface area (Å²) in [5.74, 6) is 0. The van der Waals surface area contributed by atoms with E-state index in [1.807, 2.05) is 37.5 Å². The molecule has 0 aliphatic rings. The van der Waals surface area contributed by atoms with Crippen LogP contribution in [0, 0.1) is 11.3 Å². The summed E-state index contributed by atoms with van der Waals surface area (Å²) in [6.45, 7) is 0. The molecular weight excluding hydrogens is 174 g/mol. The van der Waals surface area contributed by atoms with E-state index >= 15 is 0 Å². The Morgan fingerprint density at radius 2 is 2.14 bits per heavy atom. The Hall–Kier alpha value is -2.08. The van der Waals surface area contributed by atoms with Crippen molar-refractivity contribution in [2.45, 2.75) is 0 Å². The van der Waals surface area contributed by atoms with Crippen LogP contribution in [0.3, 0.4) is 0 Å². The average molecular weight is 183 g/mol. The molecule has 2 aromatic rings. The molecule has 0 amide bonds. The topological polar surface area (TPSA) is 41.6 Å². The van der Waals surface area contributed by atoms with Crippen LogP contribution in [0.2, 0.25) is 0 Å². The molecule has 0 aliphatic carbocycles. The summed E-state index contributed by atoms with van der Waals surface area (Å²) in [6.07, 6.45) is 3.66. The standard InChI is InChI=1S/C11H9N3/c1-14-8-10(7-13-14)11-5-3-2-4-9(11)6-12/h2-5,7-8H,1H3. The van der Waals surface area contributed by atoms with Gasteiger partial charge in [-0.05, 0) is 6.07 Å². The van der Waals surface area contributed by atoms with Crippen LogP contribution >= 0.6 is 0 Å². The molecule has 0 atom stereocenters. The summed E-state index contributed by atoms with van der Waals surface area (Å²) in [5.41, 5.74) is 2.59. The molecule has 1 heterocycles. The molecule has 3 nitrogen and oxygen atoms in total. The zero-order valence-corrected chi connectivity index (χ0v) is 7.81. The third-order valence-corrected chi connectivity index (χ3v) is 2.06. The minimum Gasteiger partial charge on any atom is -0.275 e. The molecule has 0 saturated heterocycles. The van der Waals surface area contributed by atoms with Crippen molar-refractivity contribution in [2.24, 2.45) is 7.05 Å². The van der Waals surface area contributed by atoms with E-state index < -0.39 is 0 Å². The number of benzene rings is 1. The number of nitriles is 1. The highest BCUT2D eigenvalue weighted by atomic mass is 15.2. The van der Waals surface area contributed by atoms with Crippen molar-refractivity contribution >= 4 is 0 Å². The summed E-state index contributed by atoms with van der Waals surface area (Å²) < 4.78 is 1.73. The molecule has 1 aromatic heterocycles. The summed E-state index contributed by atoms with van der Waals surface area (Å²) in [5, 5.41) is 13.0. The normalized spacial score (nSPS) is 9.71. The van der Waals surface area contributed by atoms with E-state index in [1.54, 1.807) is 10.9 Å². The quantitative estimate of drug-likeness (QED) is 0.678. The maximum Gasteiger partial charge on any atom is 0.0998 e. The summed E-state index contributed by atoms with van der Waals surface area (Å²) >= 11 is 0. The Kier molecular flexibility index (Phi) is 2.04. The molecule has 0 N–H and O–H groups in total. The van der Waals surface area contributed by atoms with Gasteiger partial charge in [0.2, 0.25) is 0 Å². The molecule has 0 bridgehead atoms. The molecule has 68 valence electrons. The minimum absolute atomic E-state index is 0.681. The first-order valence-electron chi connectivity index (χ1n) is 4.29. The second kappa shape index (κ2) is 3.35.